The summed E-state index contributed by atoms with van der Waals surface area (Å²) in [5.41, 5.74) is 2.48. The highest BCUT2D eigenvalue weighted by atomic mass is 19.1. The first-order valence-electron chi connectivity index (χ1n) is 6.27. The molecule has 0 radical (unpaired) electrons. The lowest BCUT2D eigenvalue weighted by Crippen LogP contribution is -2.00. The van der Waals surface area contributed by atoms with Crippen molar-refractivity contribution >= 4 is 5.69 Å². The molecule has 2 N–H and O–H groups in total. The van der Waals surface area contributed by atoms with Gasteiger partial charge in [0.15, 0.2) is 11.6 Å². The van der Waals surface area contributed by atoms with E-state index < -0.39 is 5.82 Å². The maximum absolute atomic E-state index is 13.2. The van der Waals surface area contributed by atoms with E-state index in [0.717, 1.165) is 16.9 Å². The quantitative estimate of drug-likeness (QED) is 0.768. The van der Waals surface area contributed by atoms with Crippen LogP contribution in [0.25, 0.3) is 5.69 Å². The topological polar surface area (TPSA) is 75.9 Å². The minimum Gasteiger partial charge on any atom is -0.505 e. The van der Waals surface area contributed by atoms with E-state index in [4.69, 9.17) is 5.11 Å². The normalized spacial score (nSPS) is 10.5. The number of nitrogens with one attached hydrogen (secondary N) is 1. The number of nitrogens with zero attached hydrogens (tertiary/aromatic N) is 4. The number of hydrogen-bond donors (Lipinski definition) is 2. The number of anilines is 1. The monoisotopic (exact) mass is 285 g/mol. The van der Waals surface area contributed by atoms with Gasteiger partial charge in [-0.1, -0.05) is 6.07 Å². The van der Waals surface area contributed by atoms with Crippen LogP contribution in [0.1, 0.15) is 5.56 Å². The van der Waals surface area contributed by atoms with Gasteiger partial charge < -0.3 is 10.4 Å². The Hall–Kier alpha value is -2.96. The molecule has 0 amide bonds. The van der Waals surface area contributed by atoms with Crippen LogP contribution < -0.4 is 5.32 Å². The van der Waals surface area contributed by atoms with E-state index in [2.05, 4.69) is 20.8 Å². The Morgan fingerprint density at radius 1 is 1.14 bits per heavy atom. The van der Waals surface area contributed by atoms with Crippen LogP contribution in [0.2, 0.25) is 0 Å². The number of aromatic nitrogens is 4. The second-order valence-electron chi connectivity index (χ2n) is 4.44. The Morgan fingerprint density at radius 2 is 1.95 bits per heavy atom. The molecular formula is C14H12FN5O. The average Bonchev–Trinajstić information content (AvgIpc) is 3.03. The number of halogens is 1. The standard InChI is InChI=1S/C14H12FN5O/c15-13-7-10(1-6-14(13)21)8-16-11-2-4-12(5-3-11)20-9-17-18-19-20/h1-7,9,16,21H,8H2. The van der Waals surface area contributed by atoms with Crippen molar-refractivity contribution in [3.8, 4) is 11.4 Å². The molecule has 0 saturated carbocycles. The Balaban J connectivity index is 1.66. The van der Waals surface area contributed by atoms with Crippen molar-refractivity contribution in [2.45, 2.75) is 6.54 Å². The largest absolute Gasteiger partial charge is 0.505 e. The summed E-state index contributed by atoms with van der Waals surface area (Å²) in [6, 6.07) is 11.8. The minimum absolute atomic E-state index is 0.343. The van der Waals surface area contributed by atoms with Gasteiger partial charge in [0.1, 0.15) is 6.33 Å². The van der Waals surface area contributed by atoms with E-state index in [-0.39, 0.29) is 5.75 Å². The van der Waals surface area contributed by atoms with E-state index in [1.54, 1.807) is 10.7 Å². The van der Waals surface area contributed by atoms with Gasteiger partial charge in [-0.2, -0.15) is 0 Å². The molecule has 3 aromatic rings. The average molecular weight is 285 g/mol. The minimum atomic E-state index is -0.622. The summed E-state index contributed by atoms with van der Waals surface area (Å²) >= 11 is 0. The number of benzene rings is 2. The maximum atomic E-state index is 13.2. The third-order valence-corrected chi connectivity index (χ3v) is 2.99. The van der Waals surface area contributed by atoms with Crippen LogP contribution in [0.15, 0.2) is 48.8 Å². The van der Waals surface area contributed by atoms with Crippen LogP contribution >= 0.6 is 0 Å². The molecule has 0 fully saturated rings. The van der Waals surface area contributed by atoms with Crippen molar-refractivity contribution in [2.75, 3.05) is 5.32 Å². The van der Waals surface area contributed by atoms with Gasteiger partial charge in [-0.3, -0.25) is 0 Å². The summed E-state index contributed by atoms with van der Waals surface area (Å²) in [6.45, 7) is 0.460. The van der Waals surface area contributed by atoms with E-state index in [0.29, 0.717) is 6.54 Å². The fraction of sp³-hybridized carbons (Fsp3) is 0.0714. The molecule has 0 saturated heterocycles. The van der Waals surface area contributed by atoms with Gasteiger partial charge in [-0.25, -0.2) is 9.07 Å². The number of hydrogen-bond acceptors (Lipinski definition) is 5. The van der Waals surface area contributed by atoms with Crippen molar-refractivity contribution in [3.63, 3.8) is 0 Å². The third kappa shape index (κ3) is 2.97. The second kappa shape index (κ2) is 5.58. The van der Waals surface area contributed by atoms with Crippen LogP contribution in [0.3, 0.4) is 0 Å². The molecule has 0 bridgehead atoms. The summed E-state index contributed by atoms with van der Waals surface area (Å²) in [4.78, 5) is 0. The van der Waals surface area contributed by atoms with Crippen molar-refractivity contribution in [1.82, 2.24) is 20.2 Å². The number of phenolic OH excluding ortho intramolecular Hbond substituents is 1. The van der Waals surface area contributed by atoms with Crippen molar-refractivity contribution < 1.29 is 9.50 Å². The van der Waals surface area contributed by atoms with Crippen LogP contribution in [-0.4, -0.2) is 25.3 Å². The molecule has 0 spiro atoms. The zero-order valence-electron chi connectivity index (χ0n) is 10.9. The molecule has 0 atom stereocenters. The van der Waals surface area contributed by atoms with E-state index in [9.17, 15) is 4.39 Å². The molecule has 0 aliphatic carbocycles. The fourth-order valence-corrected chi connectivity index (χ4v) is 1.88. The molecular weight excluding hydrogens is 273 g/mol. The summed E-state index contributed by atoms with van der Waals surface area (Å²) < 4.78 is 14.8. The van der Waals surface area contributed by atoms with Gasteiger partial charge in [0.05, 0.1) is 5.69 Å². The van der Waals surface area contributed by atoms with Gasteiger partial charge in [0.25, 0.3) is 0 Å². The SMILES string of the molecule is Oc1ccc(CNc2ccc(-n3cnnn3)cc2)cc1F. The highest BCUT2D eigenvalue weighted by molar-refractivity contribution is 5.48. The predicted molar refractivity (Wildman–Crippen MR) is 74.5 cm³/mol. The number of aromatic hydroxyl groups is 1. The summed E-state index contributed by atoms with van der Waals surface area (Å²) in [7, 11) is 0. The number of phenols is 1. The number of rotatable bonds is 4. The van der Waals surface area contributed by atoms with Crippen molar-refractivity contribution in [3.05, 3.63) is 60.2 Å². The van der Waals surface area contributed by atoms with Crippen LogP contribution in [-0.2, 0) is 6.54 Å². The molecule has 6 nitrogen and oxygen atoms in total. The molecule has 106 valence electrons. The van der Waals surface area contributed by atoms with E-state index >= 15 is 0 Å². The highest BCUT2D eigenvalue weighted by Crippen LogP contribution is 2.18. The van der Waals surface area contributed by atoms with E-state index in [1.807, 2.05) is 24.3 Å². The lowest BCUT2D eigenvalue weighted by atomic mass is 10.2. The summed E-state index contributed by atoms with van der Waals surface area (Å²) in [6.07, 6.45) is 1.52. The Bertz CT molecular complexity index is 728. The van der Waals surface area contributed by atoms with Crippen molar-refractivity contribution in [1.29, 1.82) is 0 Å². The van der Waals surface area contributed by atoms with Gasteiger partial charge in [-0.05, 0) is 52.4 Å². The Labute approximate surface area is 119 Å². The zero-order chi connectivity index (χ0) is 14.7. The summed E-state index contributed by atoms with van der Waals surface area (Å²) in [5, 5.41) is 23.3. The van der Waals surface area contributed by atoms with Crippen molar-refractivity contribution in [2.24, 2.45) is 0 Å². The molecule has 1 aromatic heterocycles. The Morgan fingerprint density at radius 3 is 2.62 bits per heavy atom. The van der Waals surface area contributed by atoms with Crippen LogP contribution in [0, 0.1) is 5.82 Å². The first-order valence-corrected chi connectivity index (χ1v) is 6.27. The smallest absolute Gasteiger partial charge is 0.165 e. The second-order valence-corrected chi connectivity index (χ2v) is 4.44. The summed E-state index contributed by atoms with van der Waals surface area (Å²) in [5.74, 6) is -0.965. The molecule has 7 heteroatoms. The lowest BCUT2D eigenvalue weighted by Gasteiger charge is -2.08. The molecule has 21 heavy (non-hydrogen) atoms. The molecule has 3 rings (SSSR count). The highest BCUT2D eigenvalue weighted by Gasteiger charge is 2.02. The fourth-order valence-electron chi connectivity index (χ4n) is 1.88. The molecule has 0 aliphatic rings. The molecule has 0 aliphatic heterocycles. The Kier molecular flexibility index (Phi) is 3.46. The van der Waals surface area contributed by atoms with Gasteiger partial charge >= 0.3 is 0 Å². The zero-order valence-corrected chi connectivity index (χ0v) is 10.9. The maximum Gasteiger partial charge on any atom is 0.165 e. The van der Waals surface area contributed by atoms with E-state index in [1.165, 1.54) is 18.5 Å². The molecule has 2 aromatic carbocycles. The number of tetrazole rings is 1. The molecule has 1 heterocycles. The van der Waals surface area contributed by atoms with Gasteiger partial charge in [0.2, 0.25) is 0 Å². The van der Waals surface area contributed by atoms with Gasteiger partial charge in [-0.15, -0.1) is 5.10 Å². The predicted octanol–water partition coefficient (Wildman–Crippen LogP) is 2.12. The first kappa shape index (κ1) is 13.0. The van der Waals surface area contributed by atoms with Crippen LogP contribution in [0.4, 0.5) is 10.1 Å². The van der Waals surface area contributed by atoms with Gasteiger partial charge in [0, 0.05) is 12.2 Å². The van der Waals surface area contributed by atoms with Crippen LogP contribution in [0.5, 0.6) is 5.75 Å². The lowest BCUT2D eigenvalue weighted by molar-refractivity contribution is 0.432. The molecule has 0 unspecified atom stereocenters. The first-order chi connectivity index (χ1) is 10.2. The third-order valence-electron chi connectivity index (χ3n) is 2.99.